The van der Waals surface area contributed by atoms with E-state index in [4.69, 9.17) is 0 Å². The maximum Gasteiger partial charge on any atom is 0.269 e. The molecule has 0 aromatic rings. The predicted octanol–water partition coefficient (Wildman–Crippen LogP) is 0.267. The third-order valence-electron chi connectivity index (χ3n) is 0.445. The molecule has 2 nitrogen and oxygen atoms in total. The van der Waals surface area contributed by atoms with E-state index in [0.717, 1.165) is 0 Å². The quantitative estimate of drug-likeness (QED) is 0.501. The highest BCUT2D eigenvalue weighted by molar-refractivity contribution is 6.29. The highest BCUT2D eigenvalue weighted by Crippen LogP contribution is 1.93. The lowest BCUT2D eigenvalue weighted by molar-refractivity contribution is -0.122. The van der Waals surface area contributed by atoms with Crippen LogP contribution in [0.5, 0.6) is 0 Å². The Morgan fingerprint density at radius 2 is 2.43 bits per heavy atom. The second kappa shape index (κ2) is 2.80. The fourth-order valence-electron chi connectivity index (χ4n) is 0.109. The number of alkyl halides is 2. The lowest BCUT2D eigenvalue weighted by atomic mass is 10.7. The fourth-order valence-corrected chi connectivity index (χ4v) is 0.218. The van der Waals surface area contributed by atoms with Crippen LogP contribution in [-0.2, 0) is 4.79 Å². The van der Waals surface area contributed by atoms with Gasteiger partial charge in [0.2, 0.25) is 0 Å². The molecule has 0 radical (unpaired) electrons. The Morgan fingerprint density at radius 3 is 2.43 bits per heavy atom. The Bertz CT molecular complexity index is 75.3. The maximum atomic E-state index is 11.4. The molecular weight excluding hydrogens is 120 g/mol. The SMILES string of the molecule is CNC(=O)[C@@H](F)Cl. The van der Waals surface area contributed by atoms with Gasteiger partial charge in [0, 0.05) is 7.05 Å². The molecule has 1 amide bonds. The van der Waals surface area contributed by atoms with Gasteiger partial charge in [-0.3, -0.25) is 4.79 Å². The van der Waals surface area contributed by atoms with Gasteiger partial charge in [-0.1, -0.05) is 11.6 Å². The summed E-state index contributed by atoms with van der Waals surface area (Å²) in [6, 6.07) is 0. The number of rotatable bonds is 1. The maximum absolute atomic E-state index is 11.4. The zero-order chi connectivity index (χ0) is 5.86. The molecule has 7 heavy (non-hydrogen) atoms. The van der Waals surface area contributed by atoms with E-state index in [0.29, 0.717) is 0 Å². The van der Waals surface area contributed by atoms with Crippen LogP contribution in [0.15, 0.2) is 0 Å². The number of halogens is 2. The topological polar surface area (TPSA) is 29.1 Å². The fraction of sp³-hybridized carbons (Fsp3) is 0.667. The number of carbonyl (C=O) groups excluding carboxylic acids is 1. The van der Waals surface area contributed by atoms with Crippen molar-refractivity contribution in [3.63, 3.8) is 0 Å². The zero-order valence-corrected chi connectivity index (χ0v) is 4.50. The standard InChI is InChI=1S/C3H5ClFNO/c1-6-3(7)2(4)5/h2H,1H3,(H,6,7)/t2-/m1/s1. The van der Waals surface area contributed by atoms with Crippen LogP contribution in [0.4, 0.5) is 4.39 Å². The van der Waals surface area contributed by atoms with Crippen molar-refractivity contribution in [3.8, 4) is 0 Å². The summed E-state index contributed by atoms with van der Waals surface area (Å²) in [5, 5.41) is 2.02. The minimum atomic E-state index is -1.91. The molecule has 0 aliphatic heterocycles. The molecule has 0 aliphatic carbocycles. The molecule has 1 N–H and O–H groups in total. The summed E-state index contributed by atoms with van der Waals surface area (Å²) in [6.07, 6.45) is 0. The molecule has 0 saturated carbocycles. The molecule has 0 spiro atoms. The van der Waals surface area contributed by atoms with Crippen molar-refractivity contribution in [1.29, 1.82) is 0 Å². The number of amides is 1. The highest BCUT2D eigenvalue weighted by Gasteiger charge is 2.08. The van der Waals surface area contributed by atoms with Gasteiger partial charge in [0.1, 0.15) is 0 Å². The Balaban J connectivity index is 3.35. The van der Waals surface area contributed by atoms with Gasteiger partial charge >= 0.3 is 0 Å². The molecule has 0 rings (SSSR count). The summed E-state index contributed by atoms with van der Waals surface area (Å²) in [4.78, 5) is 9.89. The summed E-state index contributed by atoms with van der Waals surface area (Å²) in [5.74, 6) is -0.804. The Morgan fingerprint density at radius 1 is 2.00 bits per heavy atom. The van der Waals surface area contributed by atoms with E-state index in [-0.39, 0.29) is 0 Å². The number of nitrogens with one attached hydrogen (secondary N) is 1. The van der Waals surface area contributed by atoms with Crippen LogP contribution in [-0.4, -0.2) is 18.6 Å². The first-order valence-corrected chi connectivity index (χ1v) is 2.12. The summed E-state index contributed by atoms with van der Waals surface area (Å²) >= 11 is 4.65. The molecule has 1 atom stereocenters. The van der Waals surface area contributed by atoms with Crippen LogP contribution in [0.1, 0.15) is 0 Å². The summed E-state index contributed by atoms with van der Waals surface area (Å²) < 4.78 is 11.4. The van der Waals surface area contributed by atoms with E-state index >= 15 is 0 Å². The smallest absolute Gasteiger partial charge is 0.269 e. The molecule has 0 aromatic heterocycles. The first-order chi connectivity index (χ1) is 3.18. The van der Waals surface area contributed by atoms with E-state index in [2.05, 4.69) is 11.6 Å². The minimum absolute atomic E-state index is 0.804. The number of hydrogen-bond donors (Lipinski definition) is 1. The second-order valence-electron chi connectivity index (χ2n) is 0.915. The molecule has 0 unspecified atom stereocenters. The van der Waals surface area contributed by atoms with Crippen LogP contribution in [0.25, 0.3) is 0 Å². The van der Waals surface area contributed by atoms with Crippen LogP contribution in [0.2, 0.25) is 0 Å². The normalized spacial score (nSPS) is 13.0. The lowest BCUT2D eigenvalue weighted by Gasteiger charge is -1.93. The highest BCUT2D eigenvalue weighted by atomic mass is 35.5. The largest absolute Gasteiger partial charge is 0.356 e. The van der Waals surface area contributed by atoms with Crippen LogP contribution < -0.4 is 5.32 Å². The molecule has 0 fully saturated rings. The summed E-state index contributed by atoms with van der Waals surface area (Å²) in [7, 11) is 1.32. The van der Waals surface area contributed by atoms with Crippen molar-refractivity contribution in [2.24, 2.45) is 0 Å². The predicted molar refractivity (Wildman–Crippen MR) is 24.8 cm³/mol. The second-order valence-corrected chi connectivity index (χ2v) is 1.30. The molecule has 0 heterocycles. The molecular formula is C3H5ClFNO. The zero-order valence-electron chi connectivity index (χ0n) is 3.74. The van der Waals surface area contributed by atoms with Crippen molar-refractivity contribution in [2.45, 2.75) is 5.63 Å². The van der Waals surface area contributed by atoms with Gasteiger partial charge in [-0.2, -0.15) is 0 Å². The Labute approximate surface area is 45.6 Å². The van der Waals surface area contributed by atoms with Gasteiger partial charge in [0.05, 0.1) is 0 Å². The van der Waals surface area contributed by atoms with Crippen LogP contribution in [0, 0.1) is 0 Å². The van der Waals surface area contributed by atoms with Crippen LogP contribution >= 0.6 is 11.6 Å². The van der Waals surface area contributed by atoms with Gasteiger partial charge in [-0.05, 0) is 0 Å². The van der Waals surface area contributed by atoms with Gasteiger partial charge in [0.25, 0.3) is 11.5 Å². The van der Waals surface area contributed by atoms with Crippen molar-refractivity contribution in [1.82, 2.24) is 5.32 Å². The minimum Gasteiger partial charge on any atom is -0.356 e. The van der Waals surface area contributed by atoms with E-state index in [1.54, 1.807) is 0 Å². The van der Waals surface area contributed by atoms with Gasteiger partial charge in [0.15, 0.2) is 0 Å². The summed E-state index contributed by atoms with van der Waals surface area (Å²) in [5.41, 5.74) is -1.91. The van der Waals surface area contributed by atoms with Crippen molar-refractivity contribution < 1.29 is 9.18 Å². The Kier molecular flexibility index (Phi) is 2.67. The molecule has 4 heteroatoms. The van der Waals surface area contributed by atoms with E-state index in [1.807, 2.05) is 5.32 Å². The Hall–Kier alpha value is -0.310. The third-order valence-corrected chi connectivity index (χ3v) is 0.643. The van der Waals surface area contributed by atoms with Crippen molar-refractivity contribution in [2.75, 3.05) is 7.05 Å². The average Bonchev–Trinajstić information content (AvgIpc) is 1.65. The molecule has 0 aliphatic rings. The lowest BCUT2D eigenvalue weighted by Crippen LogP contribution is -2.24. The molecule has 0 bridgehead atoms. The van der Waals surface area contributed by atoms with Crippen LogP contribution in [0.3, 0.4) is 0 Å². The van der Waals surface area contributed by atoms with E-state index < -0.39 is 11.5 Å². The monoisotopic (exact) mass is 125 g/mol. The van der Waals surface area contributed by atoms with E-state index in [1.165, 1.54) is 7.05 Å². The third kappa shape index (κ3) is 2.39. The van der Waals surface area contributed by atoms with Crippen molar-refractivity contribution >= 4 is 17.5 Å². The molecule has 42 valence electrons. The molecule has 0 saturated heterocycles. The van der Waals surface area contributed by atoms with Crippen molar-refractivity contribution in [3.05, 3.63) is 0 Å². The summed E-state index contributed by atoms with van der Waals surface area (Å²) in [6.45, 7) is 0. The van der Waals surface area contributed by atoms with Gasteiger partial charge < -0.3 is 5.32 Å². The first kappa shape index (κ1) is 6.69. The number of carbonyl (C=O) groups is 1. The first-order valence-electron chi connectivity index (χ1n) is 1.68. The van der Waals surface area contributed by atoms with Gasteiger partial charge in [-0.15, -0.1) is 0 Å². The average molecular weight is 126 g/mol. The molecule has 0 aromatic carbocycles. The van der Waals surface area contributed by atoms with E-state index in [9.17, 15) is 9.18 Å². The van der Waals surface area contributed by atoms with Gasteiger partial charge in [-0.25, -0.2) is 4.39 Å². The number of hydrogen-bond acceptors (Lipinski definition) is 1.